The lowest BCUT2D eigenvalue weighted by Gasteiger charge is -2.48. The molecule has 0 radical (unpaired) electrons. The van der Waals surface area contributed by atoms with E-state index in [-0.39, 0.29) is 36.0 Å². The molecule has 3 aliphatic rings. The van der Waals surface area contributed by atoms with Gasteiger partial charge in [0.15, 0.2) is 48.0 Å². The highest BCUT2D eigenvalue weighted by Crippen LogP contribution is 2.34. The standard InChI is InChI=1S/C36H48O19/c1-16-26(42)28(44)33(55-34-29(45)27(43)21(40)15-50-34)36(51-16)54-32-30(46)35(49-11-10-18-5-8-22(47-2)20(39)12-18)52-24(14-37)31(32)53-25(41)9-6-17-4-7-19(38)23(13-17)48-3/h4-9,12-13,16,21,24,26-40,42-46H,10-11,14-15H2,1-3H3/b9-6+/t16-,21+,24+,26-,27-,28+,29+,30+,31+,32+,33?,34-,35+,36-/m0/s1. The number of carbonyl (C=O) groups excluding carboxylic acids is 1. The maximum Gasteiger partial charge on any atom is 0.331 e. The van der Waals surface area contributed by atoms with Gasteiger partial charge in [-0.05, 0) is 54.8 Å². The summed E-state index contributed by atoms with van der Waals surface area (Å²) >= 11 is 0. The molecule has 0 aliphatic carbocycles. The maximum atomic E-state index is 13.2. The molecule has 9 N–H and O–H groups in total. The molecule has 19 heteroatoms. The Morgan fingerprint density at radius 2 is 1.51 bits per heavy atom. The van der Waals surface area contributed by atoms with Crippen LogP contribution in [0.2, 0.25) is 0 Å². The average molecular weight is 785 g/mol. The molecule has 19 nitrogen and oxygen atoms in total. The third kappa shape index (κ3) is 10.0. The lowest BCUT2D eigenvalue weighted by Crippen LogP contribution is -2.66. The SMILES string of the molecule is COc1ccc(CCO[C@@H]2O[C@H](CO)[C@@H](OC(=O)/C=C/c3ccc(O)c(OC)c3)[C@H](O[C@@H]3O[C@@H](C)[C@H](O)[C@@H](O)C3O[C@@H]3OC[C@@H](O)[C@H](O)[C@H]3O)[C@H]2O)cc1O. The van der Waals surface area contributed by atoms with Crippen LogP contribution in [0, 0.1) is 0 Å². The Kier molecular flexibility index (Phi) is 14.7. The smallest absolute Gasteiger partial charge is 0.331 e. The van der Waals surface area contributed by atoms with Crippen molar-refractivity contribution in [2.45, 2.75) is 99.4 Å². The van der Waals surface area contributed by atoms with Crippen molar-refractivity contribution in [3.8, 4) is 23.0 Å². The zero-order valence-corrected chi connectivity index (χ0v) is 30.1. The van der Waals surface area contributed by atoms with Crippen LogP contribution in [0.3, 0.4) is 0 Å². The highest BCUT2D eigenvalue weighted by Gasteiger charge is 2.54. The van der Waals surface area contributed by atoms with Crippen molar-refractivity contribution in [3.05, 3.63) is 53.6 Å². The number of hydrogen-bond donors (Lipinski definition) is 9. The molecule has 0 saturated carbocycles. The minimum absolute atomic E-state index is 0.0830. The molecule has 0 spiro atoms. The molecule has 55 heavy (non-hydrogen) atoms. The van der Waals surface area contributed by atoms with Crippen molar-refractivity contribution in [2.75, 3.05) is 34.0 Å². The van der Waals surface area contributed by atoms with Crippen LogP contribution in [-0.4, -0.2) is 172 Å². The van der Waals surface area contributed by atoms with Crippen molar-refractivity contribution in [1.82, 2.24) is 0 Å². The number of aromatic hydroxyl groups is 2. The van der Waals surface area contributed by atoms with Crippen LogP contribution in [0.15, 0.2) is 42.5 Å². The van der Waals surface area contributed by atoms with Crippen molar-refractivity contribution in [1.29, 1.82) is 0 Å². The van der Waals surface area contributed by atoms with E-state index in [1.807, 2.05) is 0 Å². The first-order chi connectivity index (χ1) is 26.3. The van der Waals surface area contributed by atoms with Gasteiger partial charge in [-0.3, -0.25) is 0 Å². The second kappa shape index (κ2) is 19.0. The molecule has 0 bridgehead atoms. The molecule has 306 valence electrons. The average Bonchev–Trinajstić information content (AvgIpc) is 3.17. The number of aliphatic hydroxyl groups is 7. The first-order valence-corrected chi connectivity index (χ1v) is 17.4. The van der Waals surface area contributed by atoms with Gasteiger partial charge in [0.25, 0.3) is 0 Å². The third-order valence-corrected chi connectivity index (χ3v) is 9.40. The second-order valence-electron chi connectivity index (χ2n) is 13.2. The lowest BCUT2D eigenvalue weighted by atomic mass is 9.96. The zero-order chi connectivity index (χ0) is 40.0. The Balaban J connectivity index is 1.40. The third-order valence-electron chi connectivity index (χ3n) is 9.40. The summed E-state index contributed by atoms with van der Waals surface area (Å²) in [6.07, 6.45) is -19.7. The predicted molar refractivity (Wildman–Crippen MR) is 183 cm³/mol. The van der Waals surface area contributed by atoms with Crippen molar-refractivity contribution < 1.29 is 93.4 Å². The van der Waals surface area contributed by atoms with Crippen molar-refractivity contribution in [3.63, 3.8) is 0 Å². The summed E-state index contributed by atoms with van der Waals surface area (Å²) in [5.74, 6) is -0.805. The van der Waals surface area contributed by atoms with E-state index >= 15 is 0 Å². The largest absolute Gasteiger partial charge is 0.504 e. The van der Waals surface area contributed by atoms with Crippen molar-refractivity contribution in [2.24, 2.45) is 0 Å². The molecule has 3 fully saturated rings. The lowest BCUT2D eigenvalue weighted by molar-refractivity contribution is -0.381. The van der Waals surface area contributed by atoms with Gasteiger partial charge in [0.2, 0.25) is 0 Å². The molecule has 3 heterocycles. The number of hydrogen-bond acceptors (Lipinski definition) is 19. The number of esters is 1. The number of rotatable bonds is 14. The Labute approximate surface area is 315 Å². The van der Waals surface area contributed by atoms with Crippen LogP contribution in [0.25, 0.3) is 6.08 Å². The van der Waals surface area contributed by atoms with Crippen LogP contribution in [0.4, 0.5) is 0 Å². The van der Waals surface area contributed by atoms with Gasteiger partial charge >= 0.3 is 5.97 Å². The molecular weight excluding hydrogens is 736 g/mol. The molecule has 5 rings (SSSR count). The highest BCUT2D eigenvalue weighted by molar-refractivity contribution is 5.87. The molecule has 2 aromatic carbocycles. The van der Waals surface area contributed by atoms with E-state index in [4.69, 9.17) is 42.6 Å². The predicted octanol–water partition coefficient (Wildman–Crippen LogP) is -1.95. The maximum absolute atomic E-state index is 13.2. The summed E-state index contributed by atoms with van der Waals surface area (Å²) < 4.78 is 50.6. The molecule has 14 atom stereocenters. The van der Waals surface area contributed by atoms with Crippen LogP contribution in [-0.2, 0) is 44.4 Å². The van der Waals surface area contributed by atoms with Gasteiger partial charge in [0.1, 0.15) is 54.9 Å². The normalized spacial score (nSPS) is 35.4. The summed E-state index contributed by atoms with van der Waals surface area (Å²) in [5, 5.41) is 94.5. The van der Waals surface area contributed by atoms with Gasteiger partial charge in [0.05, 0.1) is 40.1 Å². The number of phenols is 2. The number of aliphatic hydroxyl groups excluding tert-OH is 7. The van der Waals surface area contributed by atoms with Crippen LogP contribution in [0.1, 0.15) is 18.1 Å². The number of phenolic OH excluding ortho intramolecular Hbond substituents is 2. The van der Waals surface area contributed by atoms with Crippen LogP contribution < -0.4 is 9.47 Å². The van der Waals surface area contributed by atoms with E-state index < -0.39 is 105 Å². The van der Waals surface area contributed by atoms with Gasteiger partial charge in [0, 0.05) is 6.08 Å². The van der Waals surface area contributed by atoms with E-state index in [1.165, 1.54) is 51.5 Å². The van der Waals surface area contributed by atoms with E-state index in [2.05, 4.69) is 0 Å². The fourth-order valence-corrected chi connectivity index (χ4v) is 6.26. The van der Waals surface area contributed by atoms with Crippen molar-refractivity contribution >= 4 is 12.0 Å². The first-order valence-electron chi connectivity index (χ1n) is 17.4. The molecule has 0 aromatic heterocycles. The molecule has 3 saturated heterocycles. The minimum Gasteiger partial charge on any atom is -0.504 e. The van der Waals surface area contributed by atoms with E-state index in [1.54, 1.807) is 12.1 Å². The van der Waals surface area contributed by atoms with Gasteiger partial charge in [-0.1, -0.05) is 12.1 Å². The second-order valence-corrected chi connectivity index (χ2v) is 13.2. The molecular formula is C36H48O19. The van der Waals surface area contributed by atoms with Crippen LogP contribution >= 0.6 is 0 Å². The minimum atomic E-state index is -1.81. The van der Waals surface area contributed by atoms with Gasteiger partial charge < -0.3 is 88.6 Å². The van der Waals surface area contributed by atoms with Gasteiger partial charge in [-0.15, -0.1) is 0 Å². The Morgan fingerprint density at radius 3 is 2.20 bits per heavy atom. The summed E-state index contributed by atoms with van der Waals surface area (Å²) in [5.41, 5.74) is 1.08. The fourth-order valence-electron chi connectivity index (χ4n) is 6.26. The Bertz CT molecular complexity index is 1590. The summed E-state index contributed by atoms with van der Waals surface area (Å²) in [7, 11) is 2.76. The summed E-state index contributed by atoms with van der Waals surface area (Å²) in [6.45, 7) is 0.0972. The summed E-state index contributed by atoms with van der Waals surface area (Å²) in [4.78, 5) is 13.2. The fraction of sp³-hybridized carbons (Fsp3) is 0.583. The molecule has 3 aliphatic heterocycles. The molecule has 1 unspecified atom stereocenters. The molecule has 0 amide bonds. The van der Waals surface area contributed by atoms with Crippen LogP contribution in [0.5, 0.6) is 23.0 Å². The van der Waals surface area contributed by atoms with Gasteiger partial charge in [-0.2, -0.15) is 0 Å². The van der Waals surface area contributed by atoms with E-state index in [9.17, 15) is 50.8 Å². The Morgan fingerprint density at radius 1 is 0.782 bits per heavy atom. The van der Waals surface area contributed by atoms with E-state index in [0.717, 1.165) is 6.08 Å². The quantitative estimate of drug-likeness (QED) is 0.0744. The zero-order valence-electron chi connectivity index (χ0n) is 30.1. The first kappa shape index (κ1) is 42.5. The highest BCUT2D eigenvalue weighted by atomic mass is 16.8. The topological polar surface area (TPSA) is 282 Å². The monoisotopic (exact) mass is 784 g/mol. The number of methoxy groups -OCH3 is 2. The molecule has 2 aromatic rings. The van der Waals surface area contributed by atoms with E-state index in [0.29, 0.717) is 11.1 Å². The van der Waals surface area contributed by atoms with Gasteiger partial charge in [-0.25, -0.2) is 4.79 Å². The summed E-state index contributed by atoms with van der Waals surface area (Å²) in [6, 6.07) is 9.03. The Hall–Kier alpha value is -3.67. The number of carbonyl (C=O) groups is 1. The number of ether oxygens (including phenoxy) is 9. The number of benzene rings is 2.